The summed E-state index contributed by atoms with van der Waals surface area (Å²) in [5.74, 6) is -0.233. The molecule has 1 atom stereocenters. The van der Waals surface area contributed by atoms with Gasteiger partial charge in [0.15, 0.2) is 0 Å². The van der Waals surface area contributed by atoms with Gasteiger partial charge in [0.2, 0.25) is 3.79 Å². The van der Waals surface area contributed by atoms with E-state index in [9.17, 15) is 4.79 Å². The van der Waals surface area contributed by atoms with Crippen LogP contribution in [0.25, 0.3) is 0 Å². The minimum absolute atomic E-state index is 0.233. The van der Waals surface area contributed by atoms with Crippen LogP contribution in [0.3, 0.4) is 0 Å². The van der Waals surface area contributed by atoms with Crippen LogP contribution in [0.1, 0.15) is 23.2 Å². The Kier molecular flexibility index (Phi) is 4.96. The lowest BCUT2D eigenvalue weighted by molar-refractivity contribution is 0.0874. The van der Waals surface area contributed by atoms with Crippen LogP contribution in [0.2, 0.25) is 0 Å². The number of hydrogen-bond donors (Lipinski definition) is 1. The van der Waals surface area contributed by atoms with E-state index in [0.717, 1.165) is 25.9 Å². The van der Waals surface area contributed by atoms with Crippen LogP contribution in [0.5, 0.6) is 0 Å². The molecule has 0 radical (unpaired) electrons. The summed E-state index contributed by atoms with van der Waals surface area (Å²) in [5, 5.41) is 2.81. The largest absolute Gasteiger partial charge is 0.332 e. The molecule has 1 aromatic rings. The third kappa shape index (κ3) is 3.99. The van der Waals surface area contributed by atoms with Gasteiger partial charge < -0.3 is 5.32 Å². The van der Waals surface area contributed by atoms with Gasteiger partial charge in [-0.15, -0.1) is 0 Å². The van der Waals surface area contributed by atoms with Gasteiger partial charge in [-0.3, -0.25) is 9.69 Å². The molecule has 19 heavy (non-hydrogen) atoms. The summed E-state index contributed by atoms with van der Waals surface area (Å²) in [7, 11) is 0. The molecule has 104 valence electrons. The second kappa shape index (κ2) is 6.31. The number of nitrogens with one attached hydrogen (secondary N) is 1. The van der Waals surface area contributed by atoms with E-state index < -0.39 is 9.96 Å². The van der Waals surface area contributed by atoms with Crippen molar-refractivity contribution in [2.24, 2.45) is 0 Å². The molecule has 1 amide bonds. The van der Waals surface area contributed by atoms with E-state index in [2.05, 4.69) is 5.32 Å². The van der Waals surface area contributed by atoms with Gasteiger partial charge in [0, 0.05) is 18.7 Å². The first kappa shape index (κ1) is 14.9. The van der Waals surface area contributed by atoms with Crippen molar-refractivity contribution in [3.8, 4) is 0 Å². The van der Waals surface area contributed by atoms with E-state index in [1.54, 1.807) is 24.3 Å². The van der Waals surface area contributed by atoms with Crippen molar-refractivity contribution in [2.75, 3.05) is 13.1 Å². The van der Waals surface area contributed by atoms with Gasteiger partial charge in [-0.05, 0) is 25.0 Å². The predicted molar refractivity (Wildman–Crippen MR) is 78.8 cm³/mol. The number of benzene rings is 1. The molecule has 0 saturated carbocycles. The third-order valence-electron chi connectivity index (χ3n) is 3.12. The summed E-state index contributed by atoms with van der Waals surface area (Å²) in [4.78, 5) is 14.1. The van der Waals surface area contributed by atoms with Gasteiger partial charge in [0.05, 0.1) is 0 Å². The maximum atomic E-state index is 12.1. The fourth-order valence-corrected chi connectivity index (χ4v) is 2.75. The molecule has 0 aromatic heterocycles. The lowest BCUT2D eigenvalue weighted by Gasteiger charge is -2.33. The Hall–Kier alpha value is -0.480. The molecule has 1 aliphatic rings. The standard InChI is InChI=1S/C13H15Cl3N2O/c14-13(15,16)12(18-8-4-5-9-18)17-11(19)10-6-2-1-3-7-10/h1-3,6-7,12H,4-5,8-9H2,(H,17,19)/t12-/m1/s1. The van der Waals surface area contributed by atoms with E-state index >= 15 is 0 Å². The van der Waals surface area contributed by atoms with Crippen molar-refractivity contribution in [2.45, 2.75) is 22.8 Å². The quantitative estimate of drug-likeness (QED) is 0.867. The van der Waals surface area contributed by atoms with E-state index in [-0.39, 0.29) is 5.91 Å². The van der Waals surface area contributed by atoms with Crippen LogP contribution < -0.4 is 5.32 Å². The van der Waals surface area contributed by atoms with Gasteiger partial charge in [0.25, 0.3) is 5.91 Å². The Labute approximate surface area is 127 Å². The number of carbonyl (C=O) groups excluding carboxylic acids is 1. The summed E-state index contributed by atoms with van der Waals surface area (Å²) < 4.78 is -1.55. The molecule has 1 fully saturated rings. The maximum absolute atomic E-state index is 12.1. The monoisotopic (exact) mass is 320 g/mol. The van der Waals surface area contributed by atoms with Gasteiger partial charge in [-0.25, -0.2) is 0 Å². The van der Waals surface area contributed by atoms with Crippen LogP contribution >= 0.6 is 34.8 Å². The Morgan fingerprint density at radius 2 is 1.74 bits per heavy atom. The van der Waals surface area contributed by atoms with E-state index in [1.807, 2.05) is 11.0 Å². The SMILES string of the molecule is O=C(N[C@H](N1CCCC1)C(Cl)(Cl)Cl)c1ccccc1. The highest BCUT2D eigenvalue weighted by Crippen LogP contribution is 2.33. The number of amides is 1. The first-order valence-electron chi connectivity index (χ1n) is 6.15. The number of likely N-dealkylation sites (tertiary alicyclic amines) is 1. The average molecular weight is 322 g/mol. The van der Waals surface area contributed by atoms with E-state index in [0.29, 0.717) is 5.56 Å². The second-order valence-electron chi connectivity index (χ2n) is 4.53. The fraction of sp³-hybridized carbons (Fsp3) is 0.462. The normalized spacial score (nSPS) is 18.3. The van der Waals surface area contributed by atoms with Crippen molar-refractivity contribution in [3.05, 3.63) is 35.9 Å². The van der Waals surface area contributed by atoms with Crippen molar-refractivity contribution >= 4 is 40.7 Å². The van der Waals surface area contributed by atoms with Crippen LogP contribution in [0.15, 0.2) is 30.3 Å². The molecule has 6 heteroatoms. The highest BCUT2D eigenvalue weighted by atomic mass is 35.6. The molecule has 3 nitrogen and oxygen atoms in total. The summed E-state index contributed by atoms with van der Waals surface area (Å²) in [6.45, 7) is 1.65. The molecule has 1 aromatic carbocycles. The lowest BCUT2D eigenvalue weighted by atomic mass is 10.2. The van der Waals surface area contributed by atoms with Crippen LogP contribution in [0.4, 0.5) is 0 Å². The highest BCUT2D eigenvalue weighted by Gasteiger charge is 2.39. The van der Waals surface area contributed by atoms with Crippen LogP contribution in [-0.2, 0) is 0 Å². The van der Waals surface area contributed by atoms with Crippen molar-refractivity contribution in [1.29, 1.82) is 0 Å². The molecular weight excluding hydrogens is 307 g/mol. The van der Waals surface area contributed by atoms with Gasteiger partial charge in [-0.2, -0.15) is 0 Å². The number of hydrogen-bond acceptors (Lipinski definition) is 2. The van der Waals surface area contributed by atoms with Crippen LogP contribution in [-0.4, -0.2) is 33.9 Å². The molecule has 1 saturated heterocycles. The topological polar surface area (TPSA) is 32.3 Å². The summed E-state index contributed by atoms with van der Waals surface area (Å²) in [5.41, 5.74) is 0.556. The molecular formula is C13H15Cl3N2O. The molecule has 0 unspecified atom stereocenters. The minimum atomic E-state index is -1.55. The fourth-order valence-electron chi connectivity index (χ4n) is 2.18. The third-order valence-corrected chi connectivity index (χ3v) is 3.74. The number of halogens is 3. The van der Waals surface area contributed by atoms with Crippen molar-refractivity contribution in [3.63, 3.8) is 0 Å². The van der Waals surface area contributed by atoms with Gasteiger partial charge in [0.1, 0.15) is 6.17 Å². The van der Waals surface area contributed by atoms with E-state index in [1.165, 1.54) is 0 Å². The van der Waals surface area contributed by atoms with Gasteiger partial charge in [-0.1, -0.05) is 53.0 Å². The average Bonchev–Trinajstić information content (AvgIpc) is 2.88. The number of rotatable bonds is 3. The Balaban J connectivity index is 2.10. The van der Waals surface area contributed by atoms with E-state index in [4.69, 9.17) is 34.8 Å². The second-order valence-corrected chi connectivity index (χ2v) is 6.90. The molecule has 0 aliphatic carbocycles. The Morgan fingerprint density at radius 3 is 2.26 bits per heavy atom. The predicted octanol–water partition coefficient (Wildman–Crippen LogP) is 3.21. The van der Waals surface area contributed by atoms with Crippen molar-refractivity contribution < 1.29 is 4.79 Å². The summed E-state index contributed by atoms with van der Waals surface area (Å²) in [6.07, 6.45) is 1.50. The zero-order valence-corrected chi connectivity index (χ0v) is 12.5. The Morgan fingerprint density at radius 1 is 1.16 bits per heavy atom. The molecule has 1 N–H and O–H groups in total. The zero-order valence-electron chi connectivity index (χ0n) is 10.3. The summed E-state index contributed by atoms with van der Waals surface area (Å²) in [6, 6.07) is 8.91. The number of carbonyl (C=O) groups is 1. The number of alkyl halides is 3. The number of nitrogens with zero attached hydrogens (tertiary/aromatic N) is 1. The Bertz CT molecular complexity index is 427. The molecule has 0 spiro atoms. The van der Waals surface area contributed by atoms with Gasteiger partial charge >= 0.3 is 0 Å². The van der Waals surface area contributed by atoms with Crippen LogP contribution in [0, 0.1) is 0 Å². The molecule has 2 rings (SSSR count). The van der Waals surface area contributed by atoms with Crippen molar-refractivity contribution in [1.82, 2.24) is 10.2 Å². The molecule has 1 aliphatic heterocycles. The minimum Gasteiger partial charge on any atom is -0.332 e. The summed E-state index contributed by atoms with van der Waals surface area (Å²) >= 11 is 18.0. The lowest BCUT2D eigenvalue weighted by Crippen LogP contribution is -2.54. The first-order chi connectivity index (χ1) is 8.98. The highest BCUT2D eigenvalue weighted by molar-refractivity contribution is 6.68. The first-order valence-corrected chi connectivity index (χ1v) is 7.28. The molecule has 1 heterocycles. The maximum Gasteiger partial charge on any atom is 0.252 e. The molecule has 0 bridgehead atoms. The zero-order chi connectivity index (χ0) is 13.9. The smallest absolute Gasteiger partial charge is 0.252 e.